The summed E-state index contributed by atoms with van der Waals surface area (Å²) in [6.45, 7) is 13.5. The van der Waals surface area contributed by atoms with Gasteiger partial charge in [-0.1, -0.05) is 133 Å². The maximum atomic E-state index is 4.01. The average Bonchev–Trinajstić information content (AvgIpc) is 2.81. The summed E-state index contributed by atoms with van der Waals surface area (Å²) in [4.78, 5) is 0. The lowest BCUT2D eigenvalue weighted by molar-refractivity contribution is 0.588. The van der Waals surface area contributed by atoms with Crippen LogP contribution in [0.1, 0.15) is 95.1 Å². The second-order valence-electron chi connectivity index (χ2n) is 10.5. The van der Waals surface area contributed by atoms with Crippen molar-refractivity contribution in [2.75, 3.05) is 0 Å². The molecule has 0 aromatic heterocycles. The van der Waals surface area contributed by atoms with Crippen LogP contribution in [0.3, 0.4) is 0 Å². The highest BCUT2D eigenvalue weighted by Gasteiger charge is 2.14. The lowest BCUT2D eigenvalue weighted by Crippen LogP contribution is -2.21. The second kappa shape index (κ2) is 14.5. The molecule has 0 heterocycles. The van der Waals surface area contributed by atoms with Crippen LogP contribution in [0.25, 0.3) is 11.1 Å². The van der Waals surface area contributed by atoms with Crippen molar-refractivity contribution in [3.8, 4) is 11.1 Å². The van der Waals surface area contributed by atoms with E-state index in [9.17, 15) is 0 Å². The van der Waals surface area contributed by atoms with Gasteiger partial charge in [0.25, 0.3) is 0 Å². The Morgan fingerprint density at radius 2 is 1.47 bits per heavy atom. The molecular formula is C31H48Si. The fourth-order valence-electron chi connectivity index (χ4n) is 4.48. The minimum absolute atomic E-state index is 0.663. The average molecular weight is 449 g/mol. The van der Waals surface area contributed by atoms with Gasteiger partial charge in [-0.25, -0.2) is 0 Å². The predicted octanol–water partition coefficient (Wildman–Crippen LogP) is 10.4. The number of unbranched alkanes of at least 4 members (excludes halogenated alkanes) is 7. The highest BCUT2D eigenvalue weighted by Crippen LogP contribution is 2.26. The van der Waals surface area contributed by atoms with Crippen LogP contribution in [0, 0.1) is 0 Å². The topological polar surface area (TPSA) is 0 Å². The summed E-state index contributed by atoms with van der Waals surface area (Å²) in [6, 6.07) is 19.9. The largest absolute Gasteiger partial charge is 0.107 e. The fourth-order valence-corrected chi connectivity index (χ4v) is 5.85. The number of hydrogen-bond acceptors (Lipinski definition) is 0. The molecule has 2 aromatic carbocycles. The number of aryl methyl sites for hydroxylation is 1. The van der Waals surface area contributed by atoms with E-state index in [-0.39, 0.29) is 0 Å². The first-order valence-electron chi connectivity index (χ1n) is 13.3. The molecule has 1 heteroatoms. The van der Waals surface area contributed by atoms with E-state index in [0.717, 1.165) is 0 Å². The first-order chi connectivity index (χ1) is 15.4. The van der Waals surface area contributed by atoms with Crippen molar-refractivity contribution in [2.45, 2.75) is 110 Å². The van der Waals surface area contributed by atoms with Crippen LogP contribution >= 0.6 is 0 Å². The van der Waals surface area contributed by atoms with Crippen molar-refractivity contribution >= 4 is 8.07 Å². The van der Waals surface area contributed by atoms with Crippen molar-refractivity contribution in [1.29, 1.82) is 0 Å². The van der Waals surface area contributed by atoms with E-state index in [4.69, 9.17) is 0 Å². The molecule has 0 aliphatic carbocycles. The monoisotopic (exact) mass is 448 g/mol. The molecule has 2 aromatic rings. The lowest BCUT2D eigenvalue weighted by atomic mass is 9.93. The SMILES string of the molecule is C=C[Si](C)(C)CCCCCCCCCc1cccc(-c2ccc(C(C)CCCC)cc2)c1. The van der Waals surface area contributed by atoms with Crippen LogP contribution in [-0.2, 0) is 6.42 Å². The molecule has 0 bridgehead atoms. The Morgan fingerprint density at radius 3 is 2.12 bits per heavy atom. The van der Waals surface area contributed by atoms with Crippen molar-refractivity contribution in [3.63, 3.8) is 0 Å². The molecule has 0 radical (unpaired) electrons. The summed E-state index contributed by atoms with van der Waals surface area (Å²) < 4.78 is 0. The fraction of sp³-hybridized carbons (Fsp3) is 0.548. The van der Waals surface area contributed by atoms with Gasteiger partial charge in [0.05, 0.1) is 8.07 Å². The molecule has 0 amide bonds. The van der Waals surface area contributed by atoms with Gasteiger partial charge in [-0.2, -0.15) is 0 Å². The normalized spacial score (nSPS) is 12.6. The van der Waals surface area contributed by atoms with E-state index in [1.807, 2.05) is 0 Å². The molecule has 2 rings (SSSR count). The zero-order chi connectivity index (χ0) is 23.2. The smallest absolute Gasteiger partial charge is 0.0709 e. The van der Waals surface area contributed by atoms with Crippen LogP contribution in [0.4, 0.5) is 0 Å². The summed E-state index contributed by atoms with van der Waals surface area (Å²) in [5.41, 5.74) is 7.91. The van der Waals surface area contributed by atoms with Gasteiger partial charge in [0.2, 0.25) is 0 Å². The predicted molar refractivity (Wildman–Crippen MR) is 148 cm³/mol. The maximum Gasteiger partial charge on any atom is 0.0709 e. The molecule has 0 saturated carbocycles. The molecule has 0 nitrogen and oxygen atoms in total. The first-order valence-corrected chi connectivity index (χ1v) is 16.6. The Bertz CT molecular complexity index is 771. The third kappa shape index (κ3) is 9.90. The van der Waals surface area contributed by atoms with Gasteiger partial charge < -0.3 is 0 Å². The van der Waals surface area contributed by atoms with Crippen LogP contribution in [-0.4, -0.2) is 8.07 Å². The molecular weight excluding hydrogens is 400 g/mol. The quantitative estimate of drug-likeness (QED) is 0.177. The van der Waals surface area contributed by atoms with Gasteiger partial charge in [-0.05, 0) is 47.4 Å². The van der Waals surface area contributed by atoms with Crippen molar-refractivity contribution in [3.05, 3.63) is 71.9 Å². The van der Waals surface area contributed by atoms with Crippen molar-refractivity contribution in [2.24, 2.45) is 0 Å². The Hall–Kier alpha value is -1.60. The minimum atomic E-state index is -1.07. The minimum Gasteiger partial charge on any atom is -0.107 e. The van der Waals surface area contributed by atoms with Gasteiger partial charge in [-0.15, -0.1) is 12.3 Å². The van der Waals surface area contributed by atoms with Crippen LogP contribution < -0.4 is 0 Å². The highest BCUT2D eigenvalue weighted by molar-refractivity contribution is 6.82. The van der Waals surface area contributed by atoms with Crippen LogP contribution in [0.15, 0.2) is 60.8 Å². The second-order valence-corrected chi connectivity index (χ2v) is 15.4. The molecule has 1 unspecified atom stereocenters. The van der Waals surface area contributed by atoms with Gasteiger partial charge in [0, 0.05) is 0 Å². The summed E-state index contributed by atoms with van der Waals surface area (Å²) in [7, 11) is -1.07. The summed E-state index contributed by atoms with van der Waals surface area (Å²) in [6.07, 6.45) is 14.8. The third-order valence-corrected chi connectivity index (χ3v) is 9.82. The van der Waals surface area contributed by atoms with E-state index in [2.05, 4.69) is 87.8 Å². The standard InChI is InChI=1S/C31H48Si/c1-6-8-17-27(3)29-21-23-30(24-22-29)31-20-16-19-28(26-31)18-14-12-10-9-11-13-15-25-32(4,5)7-2/h7,16,19-24,26-27H,2,6,8-15,17-18,25H2,1,3-5H3. The van der Waals surface area contributed by atoms with Gasteiger partial charge >= 0.3 is 0 Å². The van der Waals surface area contributed by atoms with Crippen LogP contribution in [0.2, 0.25) is 19.1 Å². The zero-order valence-corrected chi connectivity index (χ0v) is 22.5. The number of hydrogen-bond donors (Lipinski definition) is 0. The Labute approximate surface area is 200 Å². The molecule has 0 aliphatic heterocycles. The van der Waals surface area contributed by atoms with E-state index in [0.29, 0.717) is 5.92 Å². The van der Waals surface area contributed by atoms with Crippen molar-refractivity contribution < 1.29 is 0 Å². The highest BCUT2D eigenvalue weighted by atomic mass is 28.3. The summed E-state index contributed by atoms with van der Waals surface area (Å²) >= 11 is 0. The summed E-state index contributed by atoms with van der Waals surface area (Å²) in [5, 5.41) is 0. The molecule has 0 N–H and O–H groups in total. The van der Waals surface area contributed by atoms with E-state index < -0.39 is 8.07 Å². The Morgan fingerprint density at radius 1 is 0.812 bits per heavy atom. The molecule has 176 valence electrons. The van der Waals surface area contributed by atoms with Gasteiger partial charge in [0.1, 0.15) is 0 Å². The molecule has 1 atom stereocenters. The number of rotatable bonds is 16. The Kier molecular flexibility index (Phi) is 12.1. The third-order valence-electron chi connectivity index (χ3n) is 7.07. The van der Waals surface area contributed by atoms with Crippen LogP contribution in [0.5, 0.6) is 0 Å². The molecule has 0 fully saturated rings. The van der Waals surface area contributed by atoms with Gasteiger partial charge in [0.15, 0.2) is 0 Å². The zero-order valence-electron chi connectivity index (χ0n) is 21.5. The van der Waals surface area contributed by atoms with Crippen molar-refractivity contribution in [1.82, 2.24) is 0 Å². The summed E-state index contributed by atoms with van der Waals surface area (Å²) in [5.74, 6) is 0.663. The molecule has 0 saturated heterocycles. The van der Waals surface area contributed by atoms with E-state index >= 15 is 0 Å². The number of benzene rings is 2. The maximum absolute atomic E-state index is 4.01. The molecule has 0 spiro atoms. The lowest BCUT2D eigenvalue weighted by Gasteiger charge is -2.16. The Balaban J connectivity index is 1.69. The first kappa shape index (κ1) is 26.6. The molecule has 0 aliphatic rings. The molecule has 32 heavy (non-hydrogen) atoms. The van der Waals surface area contributed by atoms with Gasteiger partial charge in [-0.3, -0.25) is 0 Å². The van der Waals surface area contributed by atoms with E-state index in [1.165, 1.54) is 98.9 Å². The van der Waals surface area contributed by atoms with E-state index in [1.54, 1.807) is 0 Å².